The molecule has 2 nitrogen and oxygen atoms in total. The van der Waals surface area contributed by atoms with Crippen molar-refractivity contribution in [2.24, 2.45) is 0 Å². The zero-order valence-corrected chi connectivity index (χ0v) is 12.2. The summed E-state index contributed by atoms with van der Waals surface area (Å²) in [5.41, 5.74) is 3.18. The van der Waals surface area contributed by atoms with Crippen LogP contribution in [0.25, 0.3) is 11.6 Å². The Bertz CT molecular complexity index is 737. The average Bonchev–Trinajstić information content (AvgIpc) is 2.64. The Labute approximate surface area is 125 Å². The average molecular weight is 275 g/mol. The summed E-state index contributed by atoms with van der Waals surface area (Å²) in [5, 5.41) is 0. The number of fused-ring (bicyclic) bond motifs is 2. The van der Waals surface area contributed by atoms with E-state index in [2.05, 4.69) is 18.1 Å². The van der Waals surface area contributed by atoms with Crippen LogP contribution in [0.4, 0.5) is 0 Å². The fourth-order valence-corrected chi connectivity index (χ4v) is 2.59. The lowest BCUT2D eigenvalue weighted by Gasteiger charge is -2.22. The van der Waals surface area contributed by atoms with Crippen molar-refractivity contribution in [3.8, 4) is 23.8 Å². The second-order valence-corrected chi connectivity index (χ2v) is 5.27. The monoisotopic (exact) mass is 275 g/mol. The molecule has 0 N–H and O–H groups in total. The second kappa shape index (κ2) is 5.47. The lowest BCUT2D eigenvalue weighted by atomic mass is 9.95. The van der Waals surface area contributed by atoms with Crippen molar-refractivity contribution < 1.29 is 4.74 Å². The molecule has 2 heteroatoms. The van der Waals surface area contributed by atoms with Gasteiger partial charge in [-0.15, -0.1) is 6.42 Å². The maximum absolute atomic E-state index is 6.07. The highest BCUT2D eigenvalue weighted by atomic mass is 16.5. The molecule has 1 aliphatic rings. The quantitative estimate of drug-likeness (QED) is 0.771. The minimum Gasteiger partial charge on any atom is -0.456 e. The predicted octanol–water partition coefficient (Wildman–Crippen LogP) is 3.90. The van der Waals surface area contributed by atoms with Crippen molar-refractivity contribution in [3.63, 3.8) is 0 Å². The summed E-state index contributed by atoms with van der Waals surface area (Å²) in [4.78, 5) is 2.04. The number of hydrogen-bond acceptors (Lipinski definition) is 2. The summed E-state index contributed by atoms with van der Waals surface area (Å²) in [7, 11) is 3.98. The topological polar surface area (TPSA) is 12.5 Å². The number of ether oxygens (including phenoxy) is 1. The summed E-state index contributed by atoms with van der Waals surface area (Å²) in [6.07, 6.45) is 7.89. The maximum Gasteiger partial charge on any atom is 0.135 e. The molecule has 0 saturated carbocycles. The summed E-state index contributed by atoms with van der Waals surface area (Å²) >= 11 is 0. The molecule has 1 atom stereocenters. The summed E-state index contributed by atoms with van der Waals surface area (Å²) < 4.78 is 6.07. The van der Waals surface area contributed by atoms with Gasteiger partial charge in [0, 0.05) is 11.1 Å². The van der Waals surface area contributed by atoms with Crippen LogP contribution in [0.3, 0.4) is 0 Å². The highest BCUT2D eigenvalue weighted by molar-refractivity contribution is 5.90. The van der Waals surface area contributed by atoms with Crippen molar-refractivity contribution >= 4 is 11.6 Å². The Morgan fingerprint density at radius 3 is 2.38 bits per heavy atom. The van der Waals surface area contributed by atoms with Gasteiger partial charge in [0.05, 0.1) is 6.04 Å². The summed E-state index contributed by atoms with van der Waals surface area (Å²) in [5.74, 6) is 4.57. The van der Waals surface area contributed by atoms with E-state index < -0.39 is 0 Å². The lowest BCUT2D eigenvalue weighted by molar-refractivity contribution is 0.408. The largest absolute Gasteiger partial charge is 0.456 e. The van der Waals surface area contributed by atoms with E-state index in [0.29, 0.717) is 0 Å². The van der Waals surface area contributed by atoms with Crippen LogP contribution < -0.4 is 4.74 Å². The van der Waals surface area contributed by atoms with E-state index in [0.717, 1.165) is 28.2 Å². The molecule has 1 aliphatic heterocycles. The van der Waals surface area contributed by atoms with E-state index >= 15 is 0 Å². The molecule has 0 amide bonds. The molecule has 0 fully saturated rings. The van der Waals surface area contributed by atoms with Crippen LogP contribution in [-0.4, -0.2) is 25.0 Å². The standard InChI is InChI=1S/C19H17NO/c1-4-17(20(2)3)16-13-14-9-5-7-11-18(14)21-19-12-8-6-10-15(16)19/h1,5-13,17H,2-3H3. The van der Waals surface area contributed by atoms with E-state index in [9.17, 15) is 0 Å². The van der Waals surface area contributed by atoms with Gasteiger partial charge in [0.25, 0.3) is 0 Å². The number of likely N-dealkylation sites (N-methyl/N-ethyl adjacent to an activating group) is 1. The van der Waals surface area contributed by atoms with Crippen LogP contribution in [0, 0.1) is 12.3 Å². The molecule has 0 saturated heterocycles. The molecular weight excluding hydrogens is 258 g/mol. The fraction of sp³-hybridized carbons (Fsp3) is 0.158. The smallest absolute Gasteiger partial charge is 0.135 e. The third kappa shape index (κ3) is 2.44. The number of hydrogen-bond donors (Lipinski definition) is 0. The van der Waals surface area contributed by atoms with Crippen molar-refractivity contribution in [2.75, 3.05) is 14.1 Å². The van der Waals surface area contributed by atoms with E-state index in [1.165, 1.54) is 0 Å². The van der Waals surface area contributed by atoms with Gasteiger partial charge in [-0.05, 0) is 37.9 Å². The third-order valence-electron chi connectivity index (χ3n) is 3.62. The van der Waals surface area contributed by atoms with Gasteiger partial charge in [0.2, 0.25) is 0 Å². The van der Waals surface area contributed by atoms with Gasteiger partial charge in [-0.25, -0.2) is 0 Å². The van der Waals surface area contributed by atoms with Crippen LogP contribution in [-0.2, 0) is 0 Å². The van der Waals surface area contributed by atoms with Crippen molar-refractivity contribution in [1.29, 1.82) is 0 Å². The molecule has 104 valence electrons. The van der Waals surface area contributed by atoms with Gasteiger partial charge in [-0.3, -0.25) is 4.90 Å². The predicted molar refractivity (Wildman–Crippen MR) is 87.1 cm³/mol. The van der Waals surface area contributed by atoms with Crippen LogP contribution in [0.2, 0.25) is 0 Å². The zero-order valence-electron chi connectivity index (χ0n) is 12.2. The molecule has 2 aromatic carbocycles. The minimum absolute atomic E-state index is 0.0964. The Hall–Kier alpha value is -2.50. The Morgan fingerprint density at radius 1 is 1.00 bits per heavy atom. The molecule has 1 heterocycles. The van der Waals surface area contributed by atoms with Gasteiger partial charge < -0.3 is 4.74 Å². The van der Waals surface area contributed by atoms with Gasteiger partial charge in [-0.2, -0.15) is 0 Å². The fourth-order valence-electron chi connectivity index (χ4n) is 2.59. The summed E-state index contributed by atoms with van der Waals surface area (Å²) in [6.45, 7) is 0. The first kappa shape index (κ1) is 13.5. The highest BCUT2D eigenvalue weighted by Crippen LogP contribution is 2.39. The van der Waals surface area contributed by atoms with E-state index in [1.807, 2.05) is 61.5 Å². The number of terminal acetylenes is 1. The van der Waals surface area contributed by atoms with Crippen LogP contribution in [0.15, 0.2) is 48.5 Å². The Balaban J connectivity index is 2.25. The van der Waals surface area contributed by atoms with Crippen molar-refractivity contribution in [1.82, 2.24) is 4.90 Å². The number of rotatable bonds is 2. The molecule has 0 bridgehead atoms. The minimum atomic E-state index is -0.0964. The van der Waals surface area contributed by atoms with E-state index in [-0.39, 0.29) is 6.04 Å². The first-order valence-electron chi connectivity index (χ1n) is 6.91. The van der Waals surface area contributed by atoms with E-state index in [4.69, 9.17) is 11.2 Å². The summed E-state index contributed by atoms with van der Waals surface area (Å²) in [6, 6.07) is 15.9. The lowest BCUT2D eigenvalue weighted by Crippen LogP contribution is -2.27. The van der Waals surface area contributed by atoms with Gasteiger partial charge in [-0.1, -0.05) is 42.3 Å². The van der Waals surface area contributed by atoms with Crippen molar-refractivity contribution in [2.45, 2.75) is 6.04 Å². The molecule has 2 aromatic rings. The highest BCUT2D eigenvalue weighted by Gasteiger charge is 2.22. The first-order chi connectivity index (χ1) is 10.2. The second-order valence-electron chi connectivity index (χ2n) is 5.27. The Morgan fingerprint density at radius 2 is 1.67 bits per heavy atom. The molecule has 0 radical (unpaired) electrons. The molecule has 0 aromatic heterocycles. The van der Waals surface area contributed by atoms with E-state index in [1.54, 1.807) is 0 Å². The van der Waals surface area contributed by atoms with Crippen molar-refractivity contribution in [3.05, 3.63) is 59.7 Å². The van der Waals surface area contributed by atoms with Gasteiger partial charge in [0.1, 0.15) is 11.5 Å². The van der Waals surface area contributed by atoms with Gasteiger partial charge in [0.15, 0.2) is 0 Å². The van der Waals surface area contributed by atoms with Crippen LogP contribution >= 0.6 is 0 Å². The third-order valence-corrected chi connectivity index (χ3v) is 3.62. The number of benzene rings is 2. The molecule has 0 spiro atoms. The number of nitrogens with zero attached hydrogens (tertiary/aromatic N) is 1. The number of para-hydroxylation sites is 2. The molecule has 1 unspecified atom stereocenters. The van der Waals surface area contributed by atoms with Crippen LogP contribution in [0.1, 0.15) is 11.1 Å². The van der Waals surface area contributed by atoms with Crippen LogP contribution in [0.5, 0.6) is 11.5 Å². The maximum atomic E-state index is 6.07. The van der Waals surface area contributed by atoms with Gasteiger partial charge >= 0.3 is 0 Å². The first-order valence-corrected chi connectivity index (χ1v) is 6.91. The normalized spacial score (nSPS) is 14.1. The molecule has 0 aliphatic carbocycles. The molecular formula is C19H17NO. The molecule has 3 rings (SSSR count). The Kier molecular flexibility index (Phi) is 3.51. The molecule has 21 heavy (non-hydrogen) atoms. The SMILES string of the molecule is C#CC(C1=Cc2ccccc2Oc2ccccc21)N(C)C. The zero-order chi connectivity index (χ0) is 14.8.